The highest BCUT2D eigenvalue weighted by molar-refractivity contribution is 7.99. The van der Waals surface area contributed by atoms with E-state index in [1.165, 1.54) is 57.1 Å². The van der Waals surface area contributed by atoms with E-state index >= 15 is 0 Å². The van der Waals surface area contributed by atoms with Crippen LogP contribution in [0, 0.1) is 5.92 Å². The van der Waals surface area contributed by atoms with Crippen LogP contribution in [0.4, 0.5) is 13.2 Å². The lowest BCUT2D eigenvalue weighted by atomic mass is 9.89. The minimum absolute atomic E-state index is 0.332. The van der Waals surface area contributed by atoms with Crippen molar-refractivity contribution in [2.75, 3.05) is 5.75 Å². The van der Waals surface area contributed by atoms with Gasteiger partial charge in [0.2, 0.25) is 0 Å². The van der Waals surface area contributed by atoms with Crippen LogP contribution < -0.4 is 4.18 Å². The van der Waals surface area contributed by atoms with Gasteiger partial charge in [-0.15, -0.1) is 11.8 Å². The number of alkyl halides is 3. The molecule has 0 aliphatic heterocycles. The molecule has 0 N–H and O–H groups in total. The molecule has 1 aliphatic rings. The summed E-state index contributed by atoms with van der Waals surface area (Å²) in [6.45, 7) is 0. The Morgan fingerprint density at radius 2 is 1.56 bits per heavy atom. The lowest BCUT2D eigenvalue weighted by Gasteiger charge is -2.19. The zero-order valence-corrected chi connectivity index (χ0v) is 15.6. The van der Waals surface area contributed by atoms with E-state index < -0.39 is 15.6 Å². The van der Waals surface area contributed by atoms with E-state index in [9.17, 15) is 21.6 Å². The van der Waals surface area contributed by atoms with Crippen molar-refractivity contribution in [3.05, 3.63) is 24.3 Å². The summed E-state index contributed by atoms with van der Waals surface area (Å²) in [6.07, 6.45) is 10.3. The summed E-state index contributed by atoms with van der Waals surface area (Å²) in [7, 11) is -5.61. The molecule has 0 bridgehead atoms. The van der Waals surface area contributed by atoms with Crippen LogP contribution in [0.3, 0.4) is 0 Å². The predicted octanol–water partition coefficient (Wildman–Crippen LogP) is 5.76. The normalized spacial score (nSPS) is 17.7. The van der Waals surface area contributed by atoms with Gasteiger partial charge in [0.25, 0.3) is 0 Å². The first kappa shape index (κ1) is 20.4. The molecule has 142 valence electrons. The molecule has 0 heterocycles. The van der Waals surface area contributed by atoms with Gasteiger partial charge in [0.15, 0.2) is 0 Å². The van der Waals surface area contributed by atoms with Crippen LogP contribution in [0.25, 0.3) is 0 Å². The summed E-state index contributed by atoms with van der Waals surface area (Å²) < 4.78 is 62.8. The number of benzene rings is 1. The van der Waals surface area contributed by atoms with Crippen molar-refractivity contribution in [1.82, 2.24) is 0 Å². The third kappa shape index (κ3) is 6.73. The van der Waals surface area contributed by atoms with Gasteiger partial charge in [-0.25, -0.2) is 0 Å². The molecule has 3 nitrogen and oxygen atoms in total. The Balaban J connectivity index is 1.80. The fourth-order valence-corrected chi connectivity index (χ4v) is 4.41. The molecule has 1 fully saturated rings. The lowest BCUT2D eigenvalue weighted by Crippen LogP contribution is -2.28. The SMILES string of the molecule is O=S(=O)(Oc1ccc(SCCC2CCCCCCC2)cc1)C(F)(F)F. The molecular weight excluding hydrogens is 373 g/mol. The Hall–Kier alpha value is -0.890. The summed E-state index contributed by atoms with van der Waals surface area (Å²) in [5, 5.41) is 0. The molecule has 0 spiro atoms. The Bertz CT molecular complexity index is 620. The fraction of sp³-hybridized carbons (Fsp3) is 0.647. The first-order valence-corrected chi connectivity index (χ1v) is 10.9. The minimum atomic E-state index is -5.61. The largest absolute Gasteiger partial charge is 0.534 e. The van der Waals surface area contributed by atoms with Gasteiger partial charge >= 0.3 is 15.6 Å². The van der Waals surface area contributed by atoms with Gasteiger partial charge in [-0.2, -0.15) is 21.6 Å². The average Bonchev–Trinajstić information content (AvgIpc) is 2.49. The maximum absolute atomic E-state index is 12.3. The summed E-state index contributed by atoms with van der Waals surface area (Å²) >= 11 is 1.63. The van der Waals surface area contributed by atoms with E-state index in [-0.39, 0.29) is 5.75 Å². The van der Waals surface area contributed by atoms with Gasteiger partial charge in [-0.1, -0.05) is 44.9 Å². The van der Waals surface area contributed by atoms with E-state index in [0.29, 0.717) is 0 Å². The van der Waals surface area contributed by atoms with Crippen LogP contribution >= 0.6 is 11.8 Å². The zero-order valence-electron chi connectivity index (χ0n) is 13.9. The maximum atomic E-state index is 12.3. The Morgan fingerprint density at radius 1 is 1.00 bits per heavy atom. The molecule has 1 saturated carbocycles. The van der Waals surface area contributed by atoms with Crippen LogP contribution in [-0.4, -0.2) is 19.7 Å². The number of thioether (sulfide) groups is 1. The van der Waals surface area contributed by atoms with Crippen molar-refractivity contribution in [1.29, 1.82) is 0 Å². The molecule has 0 radical (unpaired) electrons. The van der Waals surface area contributed by atoms with Gasteiger partial charge < -0.3 is 4.18 Å². The molecular formula is C17H23F3O3S2. The molecule has 1 aromatic carbocycles. The highest BCUT2D eigenvalue weighted by Crippen LogP contribution is 2.30. The minimum Gasteiger partial charge on any atom is -0.376 e. The molecule has 0 unspecified atom stereocenters. The number of halogens is 3. The Labute approximate surface area is 151 Å². The average molecular weight is 396 g/mol. The van der Waals surface area contributed by atoms with E-state index in [1.807, 2.05) is 0 Å². The predicted molar refractivity (Wildman–Crippen MR) is 93.2 cm³/mol. The summed E-state index contributed by atoms with van der Waals surface area (Å²) in [5.74, 6) is 1.38. The summed E-state index contributed by atoms with van der Waals surface area (Å²) in [5.41, 5.74) is -5.42. The smallest absolute Gasteiger partial charge is 0.376 e. The van der Waals surface area contributed by atoms with E-state index in [0.717, 1.165) is 23.0 Å². The fourth-order valence-electron chi connectivity index (χ4n) is 2.94. The van der Waals surface area contributed by atoms with Crippen molar-refractivity contribution >= 4 is 21.9 Å². The van der Waals surface area contributed by atoms with E-state index in [1.54, 1.807) is 23.9 Å². The first-order chi connectivity index (χ1) is 11.8. The molecule has 0 amide bonds. The van der Waals surface area contributed by atoms with Crippen LogP contribution in [0.15, 0.2) is 29.2 Å². The number of hydrogen-bond donors (Lipinski definition) is 0. The number of hydrogen-bond acceptors (Lipinski definition) is 4. The molecule has 0 saturated heterocycles. The van der Waals surface area contributed by atoms with Gasteiger partial charge in [0, 0.05) is 4.90 Å². The quantitative estimate of drug-likeness (QED) is 0.348. The highest BCUT2D eigenvalue weighted by Gasteiger charge is 2.48. The summed E-state index contributed by atoms with van der Waals surface area (Å²) in [4.78, 5) is 0.891. The second kappa shape index (κ2) is 9.16. The van der Waals surface area contributed by atoms with Crippen molar-refractivity contribution in [3.63, 3.8) is 0 Å². The molecule has 25 heavy (non-hydrogen) atoms. The van der Waals surface area contributed by atoms with Gasteiger partial charge in [0.05, 0.1) is 0 Å². The second-order valence-electron chi connectivity index (χ2n) is 6.30. The molecule has 0 atom stereocenters. The molecule has 2 rings (SSSR count). The lowest BCUT2D eigenvalue weighted by molar-refractivity contribution is -0.0500. The zero-order chi connectivity index (χ0) is 18.3. The van der Waals surface area contributed by atoms with Crippen molar-refractivity contribution in [3.8, 4) is 5.75 Å². The van der Waals surface area contributed by atoms with Gasteiger partial charge in [-0.3, -0.25) is 0 Å². The molecule has 1 aromatic rings. The Morgan fingerprint density at radius 3 is 2.12 bits per heavy atom. The standard InChI is InChI=1S/C17H23F3O3S2/c18-17(19,20)25(21,22)23-15-8-10-16(11-9-15)24-13-12-14-6-4-2-1-3-5-7-14/h8-11,14H,1-7,12-13H2. The van der Waals surface area contributed by atoms with Crippen molar-refractivity contribution in [2.24, 2.45) is 5.92 Å². The molecule has 8 heteroatoms. The third-order valence-corrected chi connectivity index (χ3v) is 6.36. The van der Waals surface area contributed by atoms with Crippen molar-refractivity contribution in [2.45, 2.75) is 61.8 Å². The third-order valence-electron chi connectivity index (χ3n) is 4.33. The van der Waals surface area contributed by atoms with Gasteiger partial charge in [0.1, 0.15) is 5.75 Å². The summed E-state index contributed by atoms with van der Waals surface area (Å²) in [6, 6.07) is 5.68. The molecule has 0 aromatic heterocycles. The second-order valence-corrected chi connectivity index (χ2v) is 9.01. The van der Waals surface area contributed by atoms with Gasteiger partial charge in [-0.05, 0) is 42.4 Å². The van der Waals surface area contributed by atoms with Crippen LogP contribution in [-0.2, 0) is 10.1 Å². The van der Waals surface area contributed by atoms with Crippen LogP contribution in [0.2, 0.25) is 0 Å². The van der Waals surface area contributed by atoms with E-state index in [4.69, 9.17) is 0 Å². The monoisotopic (exact) mass is 396 g/mol. The first-order valence-electron chi connectivity index (χ1n) is 8.51. The Kier molecular flexibility index (Phi) is 7.49. The van der Waals surface area contributed by atoms with Crippen LogP contribution in [0.1, 0.15) is 51.4 Å². The highest BCUT2D eigenvalue weighted by atomic mass is 32.2. The topological polar surface area (TPSA) is 43.4 Å². The van der Waals surface area contributed by atoms with Crippen molar-refractivity contribution < 1.29 is 25.8 Å². The van der Waals surface area contributed by atoms with Crippen LogP contribution in [0.5, 0.6) is 5.75 Å². The maximum Gasteiger partial charge on any atom is 0.534 e. The van der Waals surface area contributed by atoms with E-state index in [2.05, 4.69) is 4.18 Å². The number of rotatable bonds is 6. The molecule has 1 aliphatic carbocycles.